The van der Waals surface area contributed by atoms with Crippen LogP contribution in [0.3, 0.4) is 0 Å². The molecule has 5 heteroatoms. The van der Waals surface area contributed by atoms with E-state index < -0.39 is 17.7 Å². The molecule has 0 heterocycles. The zero-order valence-electron chi connectivity index (χ0n) is 20.8. The minimum atomic E-state index is -0.693. The average molecular weight is 474 g/mol. The van der Waals surface area contributed by atoms with Crippen LogP contribution >= 0.6 is 0 Å². The fourth-order valence-corrected chi connectivity index (χ4v) is 3.73. The molecular formula is C30H35NO4. The molecule has 0 spiro atoms. The Hall–Kier alpha value is -3.44. The summed E-state index contributed by atoms with van der Waals surface area (Å²) < 4.78 is 11.3. The Kier molecular flexibility index (Phi) is 9.62. The van der Waals surface area contributed by atoms with E-state index in [2.05, 4.69) is 5.32 Å². The summed E-state index contributed by atoms with van der Waals surface area (Å²) >= 11 is 0. The number of esters is 2. The highest BCUT2D eigenvalue weighted by atomic mass is 16.6. The van der Waals surface area contributed by atoms with Crippen LogP contribution in [0.5, 0.6) is 0 Å². The highest BCUT2D eigenvalue weighted by molar-refractivity contribution is 5.80. The monoisotopic (exact) mass is 473 g/mol. The van der Waals surface area contributed by atoms with E-state index >= 15 is 0 Å². The maximum absolute atomic E-state index is 13.2. The minimum absolute atomic E-state index is 0.180. The molecule has 35 heavy (non-hydrogen) atoms. The molecular weight excluding hydrogens is 438 g/mol. The van der Waals surface area contributed by atoms with E-state index in [1.54, 1.807) is 0 Å². The van der Waals surface area contributed by atoms with Crippen LogP contribution in [0.25, 0.3) is 0 Å². The molecule has 0 saturated heterocycles. The van der Waals surface area contributed by atoms with E-state index in [1.807, 2.05) is 112 Å². The largest absolute Gasteiger partial charge is 0.460 e. The molecule has 3 rings (SSSR count). The molecule has 3 aromatic rings. The van der Waals surface area contributed by atoms with Gasteiger partial charge in [0, 0.05) is 0 Å². The molecule has 0 amide bonds. The van der Waals surface area contributed by atoms with Crippen LogP contribution < -0.4 is 5.32 Å². The number of aryl methyl sites for hydroxylation is 1. The molecule has 0 radical (unpaired) electrons. The quantitative estimate of drug-likeness (QED) is 0.384. The summed E-state index contributed by atoms with van der Waals surface area (Å²) in [6, 6.07) is 27.9. The molecule has 0 saturated carbocycles. The summed E-state index contributed by atoms with van der Waals surface area (Å²) in [5.41, 5.74) is 2.37. The predicted molar refractivity (Wildman–Crippen MR) is 138 cm³/mol. The van der Waals surface area contributed by atoms with Crippen LogP contribution in [0.15, 0.2) is 91.0 Å². The molecule has 1 N–H and O–H groups in total. The second kappa shape index (κ2) is 12.9. The smallest absolute Gasteiger partial charge is 0.324 e. The van der Waals surface area contributed by atoms with Crippen molar-refractivity contribution in [2.75, 3.05) is 0 Å². The molecule has 5 nitrogen and oxygen atoms in total. The van der Waals surface area contributed by atoms with Crippen molar-refractivity contribution < 1.29 is 19.1 Å². The van der Waals surface area contributed by atoms with Crippen molar-refractivity contribution >= 4 is 11.9 Å². The molecule has 3 aromatic carbocycles. The van der Waals surface area contributed by atoms with Crippen molar-refractivity contribution in [3.63, 3.8) is 0 Å². The number of carbonyl (C=O) groups is 2. The Morgan fingerprint density at radius 1 is 0.714 bits per heavy atom. The lowest BCUT2D eigenvalue weighted by atomic mass is 10.0. The third-order valence-electron chi connectivity index (χ3n) is 5.45. The van der Waals surface area contributed by atoms with Crippen LogP contribution in [0, 0.1) is 0 Å². The lowest BCUT2D eigenvalue weighted by Crippen LogP contribution is -2.50. The third-order valence-corrected chi connectivity index (χ3v) is 5.45. The zero-order valence-corrected chi connectivity index (χ0v) is 20.8. The SMILES string of the molecule is CC(C)(C)OC(=O)[C@H](Cc1ccccc1)N[C@@H](CCc1ccccc1)C(=O)OCc1ccccc1. The van der Waals surface area contributed by atoms with Gasteiger partial charge >= 0.3 is 11.9 Å². The van der Waals surface area contributed by atoms with Crippen molar-refractivity contribution in [3.05, 3.63) is 108 Å². The van der Waals surface area contributed by atoms with Gasteiger partial charge in [0.15, 0.2) is 0 Å². The number of carbonyl (C=O) groups excluding carboxylic acids is 2. The second-order valence-corrected chi connectivity index (χ2v) is 9.61. The standard InChI is InChI=1S/C30H35NO4/c1-30(2,3)35-29(33)27(21-24-15-9-5-10-16-24)31-26(20-19-23-13-7-4-8-14-23)28(32)34-22-25-17-11-6-12-18-25/h4-18,26-27,31H,19-22H2,1-3H3/t26-,27-/m0/s1. The first kappa shape index (κ1) is 26.2. The molecule has 0 aliphatic rings. The van der Waals surface area contributed by atoms with Crippen molar-refractivity contribution in [3.8, 4) is 0 Å². The first-order chi connectivity index (χ1) is 16.8. The van der Waals surface area contributed by atoms with E-state index in [9.17, 15) is 9.59 Å². The molecule has 0 aromatic heterocycles. The Morgan fingerprint density at radius 2 is 1.23 bits per heavy atom. The number of benzene rings is 3. The van der Waals surface area contributed by atoms with E-state index in [0.29, 0.717) is 19.3 Å². The maximum atomic E-state index is 13.2. The number of hydrogen-bond acceptors (Lipinski definition) is 5. The van der Waals surface area contributed by atoms with Crippen molar-refractivity contribution in [1.29, 1.82) is 0 Å². The van der Waals surface area contributed by atoms with Crippen molar-refractivity contribution in [1.82, 2.24) is 5.32 Å². The van der Waals surface area contributed by atoms with Gasteiger partial charge in [-0.3, -0.25) is 14.9 Å². The fraction of sp³-hybridized carbons (Fsp3) is 0.333. The predicted octanol–water partition coefficient (Wildman–Crippen LogP) is 5.27. The third kappa shape index (κ3) is 9.38. The van der Waals surface area contributed by atoms with Crippen LogP contribution in [-0.2, 0) is 38.5 Å². The van der Waals surface area contributed by atoms with Crippen LogP contribution in [0.4, 0.5) is 0 Å². The lowest BCUT2D eigenvalue weighted by Gasteiger charge is -2.27. The zero-order chi connectivity index (χ0) is 25.1. The van der Waals surface area contributed by atoms with Gasteiger partial charge in [0.1, 0.15) is 24.3 Å². The Morgan fingerprint density at radius 3 is 1.77 bits per heavy atom. The van der Waals surface area contributed by atoms with Gasteiger partial charge in [-0.25, -0.2) is 0 Å². The summed E-state index contributed by atoms with van der Waals surface area (Å²) in [6.45, 7) is 5.70. The van der Waals surface area contributed by atoms with Crippen LogP contribution in [0.2, 0.25) is 0 Å². The summed E-state index contributed by atoms with van der Waals surface area (Å²) in [7, 11) is 0. The topological polar surface area (TPSA) is 64.6 Å². The number of hydrogen-bond donors (Lipinski definition) is 1. The molecule has 0 unspecified atom stereocenters. The van der Waals surface area contributed by atoms with Gasteiger partial charge in [0.05, 0.1) is 0 Å². The summed E-state index contributed by atoms with van der Waals surface area (Å²) in [5.74, 6) is -0.770. The van der Waals surface area contributed by atoms with Crippen LogP contribution in [-0.4, -0.2) is 29.6 Å². The molecule has 2 atom stereocenters. The molecule has 184 valence electrons. The van der Waals surface area contributed by atoms with Gasteiger partial charge in [-0.05, 0) is 56.7 Å². The summed E-state index contributed by atoms with van der Waals surface area (Å²) in [5, 5.41) is 3.28. The average Bonchev–Trinajstić information content (AvgIpc) is 2.85. The number of ether oxygens (including phenoxy) is 2. The Labute approximate surface area is 208 Å². The molecule has 0 bridgehead atoms. The summed E-state index contributed by atoms with van der Waals surface area (Å²) in [4.78, 5) is 26.3. The number of nitrogens with one attached hydrogen (secondary N) is 1. The van der Waals surface area contributed by atoms with E-state index in [0.717, 1.165) is 16.7 Å². The van der Waals surface area contributed by atoms with E-state index in [-0.39, 0.29) is 18.5 Å². The van der Waals surface area contributed by atoms with Gasteiger partial charge in [0.2, 0.25) is 0 Å². The molecule has 0 aliphatic carbocycles. The minimum Gasteiger partial charge on any atom is -0.460 e. The first-order valence-corrected chi connectivity index (χ1v) is 12.1. The fourth-order valence-electron chi connectivity index (χ4n) is 3.73. The normalized spacial score (nSPS) is 13.0. The lowest BCUT2D eigenvalue weighted by molar-refractivity contribution is -0.158. The second-order valence-electron chi connectivity index (χ2n) is 9.61. The molecule has 0 fully saturated rings. The Bertz CT molecular complexity index is 1050. The van der Waals surface area contributed by atoms with Gasteiger partial charge in [-0.1, -0.05) is 91.0 Å². The van der Waals surface area contributed by atoms with Gasteiger partial charge in [0.25, 0.3) is 0 Å². The number of rotatable bonds is 11. The van der Waals surface area contributed by atoms with Crippen LogP contribution in [0.1, 0.15) is 43.9 Å². The van der Waals surface area contributed by atoms with Gasteiger partial charge in [-0.15, -0.1) is 0 Å². The van der Waals surface area contributed by atoms with Crippen molar-refractivity contribution in [2.45, 2.75) is 64.3 Å². The molecule has 0 aliphatic heterocycles. The van der Waals surface area contributed by atoms with Gasteiger partial charge in [-0.2, -0.15) is 0 Å². The van der Waals surface area contributed by atoms with Crippen molar-refractivity contribution in [2.24, 2.45) is 0 Å². The van der Waals surface area contributed by atoms with Gasteiger partial charge < -0.3 is 9.47 Å². The van der Waals surface area contributed by atoms with E-state index in [1.165, 1.54) is 0 Å². The maximum Gasteiger partial charge on any atom is 0.324 e. The Balaban J connectivity index is 1.77. The highest BCUT2D eigenvalue weighted by Gasteiger charge is 2.31. The summed E-state index contributed by atoms with van der Waals surface area (Å²) in [6.07, 6.45) is 1.57. The first-order valence-electron chi connectivity index (χ1n) is 12.1. The van der Waals surface area contributed by atoms with E-state index in [4.69, 9.17) is 9.47 Å². The highest BCUT2D eigenvalue weighted by Crippen LogP contribution is 2.15.